The van der Waals surface area contributed by atoms with Gasteiger partial charge in [-0.1, -0.05) is 23.2 Å². The van der Waals surface area contributed by atoms with Crippen molar-refractivity contribution >= 4 is 40.8 Å². The smallest absolute Gasteiger partial charge is 0.339 e. The van der Waals surface area contributed by atoms with Crippen LogP contribution < -0.4 is 5.32 Å². The van der Waals surface area contributed by atoms with Crippen molar-refractivity contribution in [3.8, 4) is 0 Å². The molecule has 5 nitrogen and oxygen atoms in total. The zero-order chi connectivity index (χ0) is 14.0. The highest BCUT2D eigenvalue weighted by Crippen LogP contribution is 2.32. The van der Waals surface area contributed by atoms with Gasteiger partial charge in [0.1, 0.15) is 11.8 Å². The third-order valence-corrected chi connectivity index (χ3v) is 2.97. The van der Waals surface area contributed by atoms with E-state index in [1.807, 2.05) is 0 Å². The van der Waals surface area contributed by atoms with Crippen molar-refractivity contribution < 1.29 is 19.1 Å². The van der Waals surface area contributed by atoms with Crippen molar-refractivity contribution in [3.63, 3.8) is 0 Å². The van der Waals surface area contributed by atoms with Gasteiger partial charge in [0.05, 0.1) is 27.6 Å². The van der Waals surface area contributed by atoms with Gasteiger partial charge < -0.3 is 14.8 Å². The van der Waals surface area contributed by atoms with Gasteiger partial charge in [-0.3, -0.25) is 4.79 Å². The lowest BCUT2D eigenvalue weighted by molar-refractivity contribution is 0.0698. The van der Waals surface area contributed by atoms with E-state index in [0.29, 0.717) is 0 Å². The number of anilines is 1. The van der Waals surface area contributed by atoms with Gasteiger partial charge in [0.25, 0.3) is 5.91 Å². The SMILES string of the molecule is O=C(Nc1c(Cl)ccc(Cl)c1C(=O)O)c1ccoc1. The summed E-state index contributed by atoms with van der Waals surface area (Å²) in [5.74, 6) is -1.82. The van der Waals surface area contributed by atoms with E-state index >= 15 is 0 Å². The number of amides is 1. The second kappa shape index (κ2) is 5.34. The van der Waals surface area contributed by atoms with Crippen LogP contribution in [0.1, 0.15) is 20.7 Å². The molecule has 0 radical (unpaired) electrons. The van der Waals surface area contributed by atoms with Crippen LogP contribution in [0, 0.1) is 0 Å². The first-order chi connectivity index (χ1) is 9.00. The van der Waals surface area contributed by atoms with Crippen LogP contribution in [0.25, 0.3) is 0 Å². The molecule has 1 heterocycles. The summed E-state index contributed by atoms with van der Waals surface area (Å²) in [7, 11) is 0. The second-order valence-electron chi connectivity index (χ2n) is 3.55. The van der Waals surface area contributed by atoms with E-state index in [-0.39, 0.29) is 26.9 Å². The predicted octanol–water partition coefficient (Wildman–Crippen LogP) is 3.54. The van der Waals surface area contributed by atoms with Crippen LogP contribution in [0.5, 0.6) is 0 Å². The van der Waals surface area contributed by atoms with Crippen LogP contribution in [0.15, 0.2) is 35.1 Å². The van der Waals surface area contributed by atoms with E-state index < -0.39 is 11.9 Å². The molecule has 0 aliphatic heterocycles. The number of rotatable bonds is 3. The maximum Gasteiger partial charge on any atom is 0.339 e. The minimum atomic E-state index is -1.28. The molecule has 1 aromatic carbocycles. The Balaban J connectivity index is 2.42. The van der Waals surface area contributed by atoms with E-state index in [4.69, 9.17) is 32.7 Å². The zero-order valence-corrected chi connectivity index (χ0v) is 10.8. The van der Waals surface area contributed by atoms with Crippen molar-refractivity contribution in [1.82, 2.24) is 0 Å². The van der Waals surface area contributed by atoms with Crippen molar-refractivity contribution in [2.45, 2.75) is 0 Å². The molecular weight excluding hydrogens is 293 g/mol. The molecule has 1 amide bonds. The summed E-state index contributed by atoms with van der Waals surface area (Å²) in [5, 5.41) is 11.6. The van der Waals surface area contributed by atoms with Gasteiger partial charge in [0.2, 0.25) is 0 Å². The highest BCUT2D eigenvalue weighted by Gasteiger charge is 2.20. The summed E-state index contributed by atoms with van der Waals surface area (Å²) in [4.78, 5) is 23.0. The summed E-state index contributed by atoms with van der Waals surface area (Å²) in [6.07, 6.45) is 2.56. The molecule has 98 valence electrons. The van der Waals surface area contributed by atoms with Gasteiger partial charge >= 0.3 is 5.97 Å². The molecule has 0 unspecified atom stereocenters. The number of carbonyl (C=O) groups excluding carboxylic acids is 1. The normalized spacial score (nSPS) is 10.2. The van der Waals surface area contributed by atoms with Gasteiger partial charge in [-0.15, -0.1) is 0 Å². The summed E-state index contributed by atoms with van der Waals surface area (Å²) in [6.45, 7) is 0. The summed E-state index contributed by atoms with van der Waals surface area (Å²) >= 11 is 11.7. The van der Waals surface area contributed by atoms with E-state index in [0.717, 1.165) is 0 Å². The lowest BCUT2D eigenvalue weighted by Gasteiger charge is -2.11. The second-order valence-corrected chi connectivity index (χ2v) is 4.36. The first-order valence-electron chi connectivity index (χ1n) is 5.05. The summed E-state index contributed by atoms with van der Waals surface area (Å²) < 4.78 is 4.77. The minimum Gasteiger partial charge on any atom is -0.478 e. The predicted molar refractivity (Wildman–Crippen MR) is 70.1 cm³/mol. The lowest BCUT2D eigenvalue weighted by atomic mass is 10.1. The molecule has 2 aromatic rings. The molecule has 19 heavy (non-hydrogen) atoms. The number of carbonyl (C=O) groups is 2. The fraction of sp³-hybridized carbons (Fsp3) is 0. The van der Waals surface area contributed by atoms with E-state index in [1.165, 1.54) is 30.7 Å². The molecule has 1 aromatic heterocycles. The molecule has 0 spiro atoms. The number of halogens is 2. The molecule has 2 rings (SSSR count). The number of carboxylic acids is 1. The molecule has 7 heteroatoms. The molecule has 0 aliphatic rings. The number of furan rings is 1. The molecule has 0 saturated heterocycles. The molecule has 0 saturated carbocycles. The standard InChI is InChI=1S/C12H7Cl2NO4/c13-7-1-2-8(14)10(9(7)12(17)18)15-11(16)6-3-4-19-5-6/h1-5H,(H,15,16)(H,17,18). The third-order valence-electron chi connectivity index (χ3n) is 2.34. The van der Waals surface area contributed by atoms with Crippen LogP contribution in [0.3, 0.4) is 0 Å². The molecule has 0 atom stereocenters. The van der Waals surface area contributed by atoms with Crippen molar-refractivity contribution in [2.75, 3.05) is 5.32 Å². The van der Waals surface area contributed by atoms with Crippen molar-refractivity contribution in [2.24, 2.45) is 0 Å². The van der Waals surface area contributed by atoms with E-state index in [1.54, 1.807) is 0 Å². The number of hydrogen-bond donors (Lipinski definition) is 2. The van der Waals surface area contributed by atoms with E-state index in [9.17, 15) is 9.59 Å². The van der Waals surface area contributed by atoms with Gasteiger partial charge in [0, 0.05) is 0 Å². The van der Waals surface area contributed by atoms with Crippen molar-refractivity contribution in [3.05, 3.63) is 51.9 Å². The summed E-state index contributed by atoms with van der Waals surface area (Å²) in [6, 6.07) is 4.19. The highest BCUT2D eigenvalue weighted by molar-refractivity contribution is 6.38. The largest absolute Gasteiger partial charge is 0.478 e. The molecule has 2 N–H and O–H groups in total. The first kappa shape index (κ1) is 13.5. The third kappa shape index (κ3) is 2.72. The highest BCUT2D eigenvalue weighted by atomic mass is 35.5. The Bertz CT molecular complexity index is 637. The number of hydrogen-bond acceptors (Lipinski definition) is 3. The van der Waals surface area contributed by atoms with Crippen LogP contribution >= 0.6 is 23.2 Å². The Morgan fingerprint density at radius 1 is 1.16 bits per heavy atom. The molecule has 0 bridgehead atoms. The number of aromatic carboxylic acids is 1. The fourth-order valence-electron chi connectivity index (χ4n) is 1.46. The van der Waals surface area contributed by atoms with E-state index in [2.05, 4.69) is 5.32 Å². The maximum atomic E-state index is 11.8. The monoisotopic (exact) mass is 299 g/mol. The van der Waals surface area contributed by atoms with Crippen LogP contribution in [-0.4, -0.2) is 17.0 Å². The molecular formula is C12H7Cl2NO4. The molecule has 0 fully saturated rings. The van der Waals surface area contributed by atoms with Crippen LogP contribution in [0.2, 0.25) is 10.0 Å². The lowest BCUT2D eigenvalue weighted by Crippen LogP contribution is -2.15. The van der Waals surface area contributed by atoms with Gasteiger partial charge in [-0.05, 0) is 18.2 Å². The topological polar surface area (TPSA) is 79.5 Å². The zero-order valence-electron chi connectivity index (χ0n) is 9.31. The Labute approximate surface area is 117 Å². The first-order valence-corrected chi connectivity index (χ1v) is 5.81. The fourth-order valence-corrected chi connectivity index (χ4v) is 1.91. The number of carboxylic acid groups (broad SMARTS) is 1. The Hall–Kier alpha value is -1.98. The van der Waals surface area contributed by atoms with Gasteiger partial charge in [-0.2, -0.15) is 0 Å². The van der Waals surface area contributed by atoms with Crippen LogP contribution in [0.4, 0.5) is 5.69 Å². The number of nitrogens with one attached hydrogen (secondary N) is 1. The van der Waals surface area contributed by atoms with Crippen molar-refractivity contribution in [1.29, 1.82) is 0 Å². The Kier molecular flexibility index (Phi) is 3.78. The number of benzene rings is 1. The Morgan fingerprint density at radius 3 is 2.42 bits per heavy atom. The quantitative estimate of drug-likeness (QED) is 0.908. The van der Waals surface area contributed by atoms with Crippen LogP contribution in [-0.2, 0) is 0 Å². The average molecular weight is 300 g/mol. The Morgan fingerprint density at radius 2 is 1.84 bits per heavy atom. The minimum absolute atomic E-state index is 0.0145. The average Bonchev–Trinajstić information content (AvgIpc) is 2.87. The van der Waals surface area contributed by atoms with Gasteiger partial charge in [0.15, 0.2) is 0 Å². The molecule has 0 aliphatic carbocycles. The maximum absolute atomic E-state index is 11.8. The summed E-state index contributed by atoms with van der Waals surface area (Å²) in [5.41, 5.74) is -0.0636. The van der Waals surface area contributed by atoms with Gasteiger partial charge in [-0.25, -0.2) is 4.79 Å².